The van der Waals surface area contributed by atoms with Crippen LogP contribution in [0.4, 0.5) is 5.69 Å². The van der Waals surface area contributed by atoms with E-state index in [1.54, 1.807) is 43.7 Å². The SMILES string of the molecule is COc1ccc(C(=O)Oc2ccc3ccccc3c2C=NNC(=S)Nc2cccc(C)c2)cc1. The van der Waals surface area contributed by atoms with Gasteiger partial charge < -0.3 is 14.8 Å². The molecule has 4 aromatic rings. The number of fused-ring (bicyclic) bond motifs is 1. The minimum atomic E-state index is -0.475. The molecule has 6 nitrogen and oxygen atoms in total. The van der Waals surface area contributed by atoms with Gasteiger partial charge in [0.2, 0.25) is 0 Å². The van der Waals surface area contributed by atoms with Gasteiger partial charge in [-0.15, -0.1) is 0 Å². The summed E-state index contributed by atoms with van der Waals surface area (Å²) in [6, 6.07) is 26.1. The molecule has 0 radical (unpaired) electrons. The van der Waals surface area contributed by atoms with Crippen LogP contribution in [0.3, 0.4) is 0 Å². The Bertz CT molecular complexity index is 1370. The summed E-state index contributed by atoms with van der Waals surface area (Å²) in [7, 11) is 1.57. The number of carbonyl (C=O) groups is 1. The second-order valence-electron chi connectivity index (χ2n) is 7.51. The summed E-state index contributed by atoms with van der Waals surface area (Å²) in [6.45, 7) is 2.01. The third-order valence-electron chi connectivity index (χ3n) is 5.09. The molecule has 170 valence electrons. The van der Waals surface area contributed by atoms with Crippen LogP contribution in [-0.2, 0) is 0 Å². The predicted octanol–water partition coefficient (Wildman–Crippen LogP) is 5.70. The lowest BCUT2D eigenvalue weighted by atomic mass is 10.0. The fourth-order valence-corrected chi connectivity index (χ4v) is 3.59. The maximum absolute atomic E-state index is 12.8. The first-order valence-corrected chi connectivity index (χ1v) is 11.0. The van der Waals surface area contributed by atoms with Gasteiger partial charge in [-0.1, -0.05) is 42.5 Å². The van der Waals surface area contributed by atoms with Gasteiger partial charge in [-0.05, 0) is 77.9 Å². The van der Waals surface area contributed by atoms with Crippen molar-refractivity contribution < 1.29 is 14.3 Å². The lowest BCUT2D eigenvalue weighted by Crippen LogP contribution is -2.23. The number of carbonyl (C=O) groups excluding carboxylic acids is 1. The van der Waals surface area contributed by atoms with Crippen LogP contribution >= 0.6 is 12.2 Å². The lowest BCUT2D eigenvalue weighted by Gasteiger charge is -2.11. The highest BCUT2D eigenvalue weighted by Gasteiger charge is 2.14. The molecule has 0 atom stereocenters. The van der Waals surface area contributed by atoms with Crippen LogP contribution in [0, 0.1) is 6.92 Å². The summed E-state index contributed by atoms with van der Waals surface area (Å²) in [5.74, 6) is 0.580. The molecule has 0 aromatic heterocycles. The highest BCUT2D eigenvalue weighted by Crippen LogP contribution is 2.27. The molecule has 0 aliphatic rings. The van der Waals surface area contributed by atoms with Crippen LogP contribution < -0.4 is 20.2 Å². The van der Waals surface area contributed by atoms with Crippen LogP contribution in [-0.4, -0.2) is 24.4 Å². The average Bonchev–Trinajstić information content (AvgIpc) is 2.85. The van der Waals surface area contributed by atoms with Crippen molar-refractivity contribution in [3.8, 4) is 11.5 Å². The summed E-state index contributed by atoms with van der Waals surface area (Å²) in [6.07, 6.45) is 1.60. The second-order valence-corrected chi connectivity index (χ2v) is 7.92. The van der Waals surface area contributed by atoms with Crippen molar-refractivity contribution in [2.45, 2.75) is 6.92 Å². The van der Waals surface area contributed by atoms with Crippen LogP contribution in [0.5, 0.6) is 11.5 Å². The molecule has 0 saturated heterocycles. The Morgan fingerprint density at radius 2 is 1.76 bits per heavy atom. The topological polar surface area (TPSA) is 72.0 Å². The zero-order valence-electron chi connectivity index (χ0n) is 18.7. The summed E-state index contributed by atoms with van der Waals surface area (Å²) in [5, 5.41) is 9.62. The fourth-order valence-electron chi connectivity index (χ4n) is 3.42. The maximum atomic E-state index is 12.8. The quantitative estimate of drug-likeness (QED) is 0.124. The first kappa shape index (κ1) is 22.9. The minimum absolute atomic E-state index is 0.346. The van der Waals surface area contributed by atoms with Crippen molar-refractivity contribution in [2.24, 2.45) is 5.10 Å². The van der Waals surface area contributed by atoms with Gasteiger partial charge in [0.1, 0.15) is 11.5 Å². The molecule has 2 N–H and O–H groups in total. The van der Waals surface area contributed by atoms with Crippen molar-refractivity contribution in [1.82, 2.24) is 5.43 Å². The third kappa shape index (κ3) is 5.57. The molecular formula is C27H23N3O3S. The minimum Gasteiger partial charge on any atom is -0.497 e. The molecule has 0 aliphatic heterocycles. The van der Waals surface area contributed by atoms with E-state index in [2.05, 4.69) is 15.8 Å². The number of thiocarbonyl (C=S) groups is 1. The first-order chi connectivity index (χ1) is 16.5. The molecule has 34 heavy (non-hydrogen) atoms. The fraction of sp³-hybridized carbons (Fsp3) is 0.0741. The van der Waals surface area contributed by atoms with Crippen LogP contribution in [0.2, 0.25) is 0 Å². The molecule has 0 unspecified atom stereocenters. The molecule has 0 saturated carbocycles. The summed E-state index contributed by atoms with van der Waals surface area (Å²) >= 11 is 5.35. The molecule has 7 heteroatoms. The first-order valence-electron chi connectivity index (χ1n) is 10.6. The number of hydrogen-bond acceptors (Lipinski definition) is 5. The third-order valence-corrected chi connectivity index (χ3v) is 5.29. The second kappa shape index (κ2) is 10.6. The Morgan fingerprint density at radius 3 is 2.53 bits per heavy atom. The molecule has 0 aliphatic carbocycles. The Hall–Kier alpha value is -4.23. The van der Waals surface area contributed by atoms with E-state index >= 15 is 0 Å². The van der Waals surface area contributed by atoms with Gasteiger partial charge in [0.05, 0.1) is 18.9 Å². The number of nitrogens with zero attached hydrogens (tertiary/aromatic N) is 1. The van der Waals surface area contributed by atoms with Crippen molar-refractivity contribution in [1.29, 1.82) is 0 Å². The number of nitrogens with one attached hydrogen (secondary N) is 2. The average molecular weight is 470 g/mol. The van der Waals surface area contributed by atoms with Crippen LogP contribution in [0.25, 0.3) is 10.8 Å². The summed E-state index contributed by atoms with van der Waals surface area (Å²) < 4.78 is 10.9. The molecule has 4 aromatic carbocycles. The maximum Gasteiger partial charge on any atom is 0.343 e. The number of ether oxygens (including phenoxy) is 2. The number of benzene rings is 4. The van der Waals surface area contributed by atoms with E-state index in [1.165, 1.54) is 0 Å². The molecular weight excluding hydrogens is 446 g/mol. The van der Waals surface area contributed by atoms with Gasteiger partial charge in [-0.2, -0.15) is 5.10 Å². The summed E-state index contributed by atoms with van der Waals surface area (Å²) in [5.41, 5.74) is 5.89. The van der Waals surface area contributed by atoms with E-state index in [0.717, 1.165) is 22.0 Å². The van der Waals surface area contributed by atoms with Gasteiger partial charge in [-0.3, -0.25) is 5.43 Å². The van der Waals surface area contributed by atoms with Crippen molar-refractivity contribution in [3.63, 3.8) is 0 Å². The Balaban J connectivity index is 1.55. The monoisotopic (exact) mass is 469 g/mol. The van der Waals surface area contributed by atoms with Gasteiger partial charge in [0, 0.05) is 11.3 Å². The van der Waals surface area contributed by atoms with E-state index in [0.29, 0.717) is 27.7 Å². The largest absolute Gasteiger partial charge is 0.497 e. The Labute approximate surface area is 203 Å². The highest BCUT2D eigenvalue weighted by molar-refractivity contribution is 7.80. The molecule has 0 spiro atoms. The van der Waals surface area contributed by atoms with Gasteiger partial charge in [0.15, 0.2) is 5.11 Å². The van der Waals surface area contributed by atoms with Crippen molar-refractivity contribution in [2.75, 3.05) is 12.4 Å². The molecule has 0 fully saturated rings. The van der Waals surface area contributed by atoms with E-state index in [9.17, 15) is 4.79 Å². The smallest absolute Gasteiger partial charge is 0.343 e. The standard InChI is InChI=1S/C27H23N3O3S/c1-18-6-5-8-21(16-18)29-27(34)30-28-17-24-23-9-4-3-7-19(23)12-15-25(24)33-26(31)20-10-13-22(32-2)14-11-20/h3-17H,1-2H3,(H2,29,30,34). The van der Waals surface area contributed by atoms with Gasteiger partial charge >= 0.3 is 5.97 Å². The number of hydrazone groups is 1. The Morgan fingerprint density at radius 1 is 0.971 bits per heavy atom. The number of hydrogen-bond donors (Lipinski definition) is 2. The molecule has 4 rings (SSSR count). The van der Waals surface area contributed by atoms with Crippen molar-refractivity contribution >= 4 is 46.0 Å². The predicted molar refractivity (Wildman–Crippen MR) is 140 cm³/mol. The number of methoxy groups -OCH3 is 1. The molecule has 0 bridgehead atoms. The number of esters is 1. The van der Waals surface area contributed by atoms with Gasteiger partial charge in [-0.25, -0.2) is 4.79 Å². The highest BCUT2D eigenvalue weighted by atomic mass is 32.1. The zero-order valence-corrected chi connectivity index (χ0v) is 19.6. The zero-order chi connectivity index (χ0) is 23.9. The molecule has 0 heterocycles. The van der Waals surface area contributed by atoms with E-state index in [1.807, 2.05) is 61.5 Å². The number of aryl methyl sites for hydroxylation is 1. The summed E-state index contributed by atoms with van der Waals surface area (Å²) in [4.78, 5) is 12.8. The number of rotatable bonds is 6. The lowest BCUT2D eigenvalue weighted by molar-refractivity contribution is 0.0734. The molecule has 0 amide bonds. The van der Waals surface area contributed by atoms with E-state index in [4.69, 9.17) is 21.7 Å². The van der Waals surface area contributed by atoms with Crippen molar-refractivity contribution in [3.05, 3.63) is 102 Å². The Kier molecular flexibility index (Phi) is 7.15. The van der Waals surface area contributed by atoms with E-state index in [-0.39, 0.29) is 0 Å². The normalized spacial score (nSPS) is 10.8. The van der Waals surface area contributed by atoms with E-state index < -0.39 is 5.97 Å². The van der Waals surface area contributed by atoms with Gasteiger partial charge in [0.25, 0.3) is 0 Å². The number of anilines is 1. The van der Waals surface area contributed by atoms with Crippen LogP contribution in [0.15, 0.2) is 90.0 Å². The van der Waals surface area contributed by atoms with Crippen LogP contribution in [0.1, 0.15) is 21.5 Å².